The van der Waals surface area contributed by atoms with Gasteiger partial charge < -0.3 is 9.84 Å². The van der Waals surface area contributed by atoms with Crippen molar-refractivity contribution < 1.29 is 9.84 Å². The van der Waals surface area contributed by atoms with E-state index in [2.05, 4.69) is 39.8 Å². The second-order valence-corrected chi connectivity index (χ2v) is 5.95. The Bertz CT molecular complexity index is 375. The molecule has 0 bridgehead atoms. The number of thioether (sulfide) groups is 1. The van der Waals surface area contributed by atoms with E-state index in [0.717, 1.165) is 10.6 Å². The van der Waals surface area contributed by atoms with Crippen LogP contribution in [0, 0.1) is 19.8 Å². The summed E-state index contributed by atoms with van der Waals surface area (Å²) in [6, 6.07) is 4.20. The van der Waals surface area contributed by atoms with Crippen LogP contribution in [0.25, 0.3) is 0 Å². The van der Waals surface area contributed by atoms with E-state index in [0.29, 0.717) is 5.92 Å². The fourth-order valence-electron chi connectivity index (χ4n) is 1.56. The normalized spacial score (nSPS) is 12.9. The van der Waals surface area contributed by atoms with Crippen molar-refractivity contribution in [1.29, 1.82) is 0 Å². The van der Waals surface area contributed by atoms with E-state index in [9.17, 15) is 5.11 Å². The zero-order valence-corrected chi connectivity index (χ0v) is 12.1. The molecule has 0 amide bonds. The lowest BCUT2D eigenvalue weighted by Gasteiger charge is -2.20. The van der Waals surface area contributed by atoms with Crippen LogP contribution in [-0.2, 0) is 0 Å². The van der Waals surface area contributed by atoms with Gasteiger partial charge in [-0.3, -0.25) is 0 Å². The molecule has 1 N–H and O–H groups in total. The van der Waals surface area contributed by atoms with Crippen LogP contribution in [0.1, 0.15) is 25.0 Å². The van der Waals surface area contributed by atoms with Gasteiger partial charge in [-0.2, -0.15) is 0 Å². The second kappa shape index (κ2) is 6.31. The van der Waals surface area contributed by atoms with E-state index in [1.807, 2.05) is 0 Å². The average molecular weight is 254 g/mol. The van der Waals surface area contributed by atoms with Crippen molar-refractivity contribution in [2.75, 3.05) is 13.7 Å². The first-order chi connectivity index (χ1) is 7.99. The highest BCUT2D eigenvalue weighted by atomic mass is 32.2. The van der Waals surface area contributed by atoms with Gasteiger partial charge in [0.25, 0.3) is 0 Å². The predicted molar refractivity (Wildman–Crippen MR) is 74.0 cm³/mol. The topological polar surface area (TPSA) is 29.5 Å². The molecule has 0 aromatic heterocycles. The highest BCUT2D eigenvalue weighted by Crippen LogP contribution is 2.36. The summed E-state index contributed by atoms with van der Waals surface area (Å²) in [7, 11) is 1.69. The van der Waals surface area contributed by atoms with Gasteiger partial charge in [-0.1, -0.05) is 13.8 Å². The summed E-state index contributed by atoms with van der Waals surface area (Å²) in [6.45, 7) is 8.63. The van der Waals surface area contributed by atoms with E-state index in [4.69, 9.17) is 4.74 Å². The van der Waals surface area contributed by atoms with Crippen molar-refractivity contribution >= 4 is 11.8 Å². The van der Waals surface area contributed by atoms with Gasteiger partial charge in [0, 0.05) is 10.1 Å². The minimum atomic E-state index is 0.193. The van der Waals surface area contributed by atoms with Gasteiger partial charge in [-0.15, -0.1) is 11.8 Å². The molecule has 0 aliphatic carbocycles. The third-order valence-electron chi connectivity index (χ3n) is 2.98. The van der Waals surface area contributed by atoms with E-state index < -0.39 is 0 Å². The molecule has 1 atom stereocenters. The number of ether oxygens (including phenoxy) is 1. The average Bonchev–Trinajstić information content (AvgIpc) is 2.29. The monoisotopic (exact) mass is 254 g/mol. The molecule has 2 nitrogen and oxygen atoms in total. The van der Waals surface area contributed by atoms with Crippen molar-refractivity contribution in [3.05, 3.63) is 23.3 Å². The Morgan fingerprint density at radius 1 is 1.24 bits per heavy atom. The molecule has 0 saturated carbocycles. The number of rotatable bonds is 5. The van der Waals surface area contributed by atoms with Crippen molar-refractivity contribution in [2.45, 2.75) is 37.8 Å². The maximum Gasteiger partial charge on any atom is 0.132 e. The van der Waals surface area contributed by atoms with Crippen LogP contribution in [0.3, 0.4) is 0 Å². The Morgan fingerprint density at radius 2 is 1.82 bits per heavy atom. The number of hydrogen-bond donors (Lipinski definition) is 1. The molecule has 0 aliphatic rings. The smallest absolute Gasteiger partial charge is 0.132 e. The van der Waals surface area contributed by atoms with Gasteiger partial charge in [-0.25, -0.2) is 0 Å². The summed E-state index contributed by atoms with van der Waals surface area (Å²) in [4.78, 5) is 1.11. The zero-order chi connectivity index (χ0) is 13.0. The molecule has 0 heterocycles. The third-order valence-corrected chi connectivity index (χ3v) is 4.55. The lowest BCUT2D eigenvalue weighted by atomic mass is 10.1. The molecule has 0 aliphatic heterocycles. The van der Waals surface area contributed by atoms with E-state index >= 15 is 0 Å². The predicted octanol–water partition coefficient (Wildman–Crippen LogP) is 3.42. The van der Waals surface area contributed by atoms with Crippen LogP contribution in [0.5, 0.6) is 5.75 Å². The summed E-state index contributed by atoms with van der Waals surface area (Å²) in [5.74, 6) is 1.34. The molecule has 0 fully saturated rings. The minimum Gasteiger partial charge on any atom is -0.496 e. The minimum absolute atomic E-state index is 0.193. The van der Waals surface area contributed by atoms with Gasteiger partial charge in [0.15, 0.2) is 0 Å². The molecule has 1 unspecified atom stereocenters. The molecule has 1 aromatic rings. The third kappa shape index (κ3) is 3.65. The standard InChI is InChI=1S/C14H22O2S/c1-9(2)14(8-15)17-13-7-11(4)10(3)6-12(13)16-5/h6-7,9,14-15H,8H2,1-5H3. The number of benzene rings is 1. The number of hydrogen-bond acceptors (Lipinski definition) is 3. The first-order valence-electron chi connectivity index (χ1n) is 5.92. The Kier molecular flexibility index (Phi) is 5.34. The van der Waals surface area contributed by atoms with Crippen LogP contribution in [0.15, 0.2) is 17.0 Å². The van der Waals surface area contributed by atoms with Crippen molar-refractivity contribution in [2.24, 2.45) is 5.92 Å². The SMILES string of the molecule is COc1cc(C)c(C)cc1SC(CO)C(C)C. The van der Waals surface area contributed by atoms with Crippen LogP contribution < -0.4 is 4.74 Å². The molecule has 96 valence electrons. The molecular formula is C14H22O2S. The van der Waals surface area contributed by atoms with Gasteiger partial charge in [-0.05, 0) is 43.0 Å². The molecule has 3 heteroatoms. The van der Waals surface area contributed by atoms with Gasteiger partial charge >= 0.3 is 0 Å². The second-order valence-electron chi connectivity index (χ2n) is 4.67. The summed E-state index contributed by atoms with van der Waals surface area (Å²) in [6.07, 6.45) is 0. The van der Waals surface area contributed by atoms with Crippen molar-refractivity contribution in [1.82, 2.24) is 0 Å². The summed E-state index contributed by atoms with van der Waals surface area (Å²) >= 11 is 1.70. The molecule has 17 heavy (non-hydrogen) atoms. The molecule has 1 rings (SSSR count). The quantitative estimate of drug-likeness (QED) is 0.816. The lowest BCUT2D eigenvalue weighted by Crippen LogP contribution is -2.15. The first-order valence-corrected chi connectivity index (χ1v) is 6.80. The molecule has 1 aromatic carbocycles. The number of methoxy groups -OCH3 is 1. The fraction of sp³-hybridized carbons (Fsp3) is 0.571. The highest BCUT2D eigenvalue weighted by molar-refractivity contribution is 8.00. The van der Waals surface area contributed by atoms with Gasteiger partial charge in [0.2, 0.25) is 0 Å². The van der Waals surface area contributed by atoms with Crippen LogP contribution in [0.4, 0.5) is 0 Å². The number of aryl methyl sites for hydroxylation is 2. The molecule has 0 spiro atoms. The maximum atomic E-state index is 9.38. The van der Waals surface area contributed by atoms with E-state index in [1.165, 1.54) is 11.1 Å². The molecular weight excluding hydrogens is 232 g/mol. The maximum absolute atomic E-state index is 9.38. The highest BCUT2D eigenvalue weighted by Gasteiger charge is 2.16. The summed E-state index contributed by atoms with van der Waals surface area (Å²) < 4.78 is 5.40. The van der Waals surface area contributed by atoms with Gasteiger partial charge in [0.05, 0.1) is 13.7 Å². The molecule has 0 radical (unpaired) electrons. The Balaban J connectivity index is 3.00. The van der Waals surface area contributed by atoms with Crippen LogP contribution in [-0.4, -0.2) is 24.1 Å². The van der Waals surface area contributed by atoms with Crippen LogP contribution >= 0.6 is 11.8 Å². The largest absolute Gasteiger partial charge is 0.496 e. The fourth-order valence-corrected chi connectivity index (χ4v) is 2.74. The Morgan fingerprint density at radius 3 is 2.29 bits per heavy atom. The Hall–Kier alpha value is -0.670. The number of aliphatic hydroxyl groups excluding tert-OH is 1. The van der Waals surface area contributed by atoms with Crippen LogP contribution in [0.2, 0.25) is 0 Å². The Labute approximate surface area is 108 Å². The summed E-state index contributed by atoms with van der Waals surface area (Å²) in [5, 5.41) is 9.60. The summed E-state index contributed by atoms with van der Waals surface area (Å²) in [5.41, 5.74) is 2.49. The van der Waals surface area contributed by atoms with E-state index in [-0.39, 0.29) is 11.9 Å². The van der Waals surface area contributed by atoms with Crippen molar-refractivity contribution in [3.63, 3.8) is 0 Å². The first kappa shape index (κ1) is 14.4. The zero-order valence-electron chi connectivity index (χ0n) is 11.3. The lowest BCUT2D eigenvalue weighted by molar-refractivity contribution is 0.275. The van der Waals surface area contributed by atoms with Gasteiger partial charge in [0.1, 0.15) is 5.75 Å². The van der Waals surface area contributed by atoms with E-state index in [1.54, 1.807) is 18.9 Å². The van der Waals surface area contributed by atoms with Crippen molar-refractivity contribution in [3.8, 4) is 5.75 Å². The molecule has 0 saturated heterocycles. The number of aliphatic hydroxyl groups is 1.